The molecule has 11 heteroatoms. The number of hydrogen-bond acceptors (Lipinski definition) is 9. The van der Waals surface area contributed by atoms with Crippen LogP contribution in [0.3, 0.4) is 0 Å². The van der Waals surface area contributed by atoms with Crippen LogP contribution in [-0.4, -0.2) is 59.8 Å². The van der Waals surface area contributed by atoms with Gasteiger partial charge in [0, 0.05) is 49.5 Å². The first-order valence-electron chi connectivity index (χ1n) is 17.0. The molecule has 49 heavy (non-hydrogen) atoms. The van der Waals surface area contributed by atoms with E-state index in [-0.39, 0.29) is 17.8 Å². The van der Waals surface area contributed by atoms with Gasteiger partial charge in [0.2, 0.25) is 0 Å². The fourth-order valence-corrected chi connectivity index (χ4v) is 6.32. The average molecular weight is 666 g/mol. The summed E-state index contributed by atoms with van der Waals surface area (Å²) >= 11 is 0. The number of aromatic nitrogens is 3. The number of piperazine rings is 1. The molecule has 6 rings (SSSR count). The largest absolute Gasteiger partial charge is 0.491 e. The third-order valence-corrected chi connectivity index (χ3v) is 9.42. The van der Waals surface area contributed by atoms with Crippen LogP contribution in [0, 0.1) is 6.92 Å². The lowest BCUT2D eigenvalue weighted by Gasteiger charge is -2.37. The van der Waals surface area contributed by atoms with E-state index in [1.165, 1.54) is 12.4 Å². The van der Waals surface area contributed by atoms with Gasteiger partial charge < -0.3 is 35.5 Å². The van der Waals surface area contributed by atoms with E-state index in [4.69, 9.17) is 25.7 Å². The van der Waals surface area contributed by atoms with E-state index in [0.717, 1.165) is 72.1 Å². The Morgan fingerprint density at radius 1 is 0.959 bits per heavy atom. The number of benzene rings is 3. The maximum absolute atomic E-state index is 12.8. The van der Waals surface area contributed by atoms with Crippen molar-refractivity contribution in [1.29, 1.82) is 0 Å². The van der Waals surface area contributed by atoms with Gasteiger partial charge in [0.15, 0.2) is 5.79 Å². The molecule has 3 atom stereocenters. The van der Waals surface area contributed by atoms with Crippen molar-refractivity contribution in [2.24, 2.45) is 11.5 Å². The number of nitrogens with two attached hydrogens (primary N) is 2. The van der Waals surface area contributed by atoms with Crippen LogP contribution in [-0.2, 0) is 15.3 Å². The summed E-state index contributed by atoms with van der Waals surface area (Å²) in [5.41, 5.74) is 17.4. The lowest BCUT2D eigenvalue weighted by molar-refractivity contribution is -0.177. The van der Waals surface area contributed by atoms with E-state index >= 15 is 0 Å². The number of rotatable bonds is 12. The summed E-state index contributed by atoms with van der Waals surface area (Å²) in [6.07, 6.45) is 7.39. The van der Waals surface area contributed by atoms with Crippen LogP contribution in [0.5, 0.6) is 5.75 Å². The van der Waals surface area contributed by atoms with Gasteiger partial charge in [0.25, 0.3) is 0 Å². The SMILES string of the molecule is CCC(C)n1ncn(-c2ccc(N3CCN(c4ccc(OC[C@@H]5CO[C@@](CC(/C=C\N)=C/N)(c6ccc(C)cc6)O5)cc4)CC3)cc2)c1=O. The Kier molecular flexibility index (Phi) is 10.4. The fourth-order valence-electron chi connectivity index (χ4n) is 6.32. The van der Waals surface area contributed by atoms with Crippen LogP contribution in [0.1, 0.15) is 43.9 Å². The molecule has 0 bridgehead atoms. The van der Waals surface area contributed by atoms with Crippen molar-refractivity contribution in [3.63, 3.8) is 0 Å². The molecule has 0 saturated carbocycles. The van der Waals surface area contributed by atoms with Crippen LogP contribution in [0.4, 0.5) is 11.4 Å². The molecule has 0 radical (unpaired) electrons. The van der Waals surface area contributed by atoms with Crippen molar-refractivity contribution in [3.05, 3.63) is 125 Å². The van der Waals surface area contributed by atoms with Gasteiger partial charge in [-0.3, -0.25) is 0 Å². The van der Waals surface area contributed by atoms with Crippen molar-refractivity contribution in [2.45, 2.75) is 51.5 Å². The van der Waals surface area contributed by atoms with Crippen molar-refractivity contribution >= 4 is 11.4 Å². The molecule has 3 heterocycles. The predicted octanol–water partition coefficient (Wildman–Crippen LogP) is 4.99. The molecule has 2 aliphatic rings. The molecule has 0 aliphatic carbocycles. The molecule has 4 N–H and O–H groups in total. The van der Waals surface area contributed by atoms with Crippen molar-refractivity contribution in [3.8, 4) is 11.4 Å². The van der Waals surface area contributed by atoms with Gasteiger partial charge in [-0.1, -0.05) is 36.8 Å². The van der Waals surface area contributed by atoms with Crippen LogP contribution in [0.15, 0.2) is 108 Å². The second kappa shape index (κ2) is 15.0. The second-order valence-corrected chi connectivity index (χ2v) is 12.7. The summed E-state index contributed by atoms with van der Waals surface area (Å²) in [5, 5.41) is 4.30. The molecule has 0 amide bonds. The normalized spacial score (nSPS) is 20.6. The first-order valence-corrected chi connectivity index (χ1v) is 17.0. The number of aryl methyl sites for hydroxylation is 1. The molecule has 0 spiro atoms. The van der Waals surface area contributed by atoms with Crippen LogP contribution in [0.25, 0.3) is 5.69 Å². The Morgan fingerprint density at radius 3 is 2.16 bits per heavy atom. The quantitative estimate of drug-likeness (QED) is 0.201. The minimum absolute atomic E-state index is 0.0686. The number of allylic oxidation sites excluding steroid dienone is 1. The second-order valence-electron chi connectivity index (χ2n) is 12.7. The smallest absolute Gasteiger partial charge is 0.350 e. The maximum Gasteiger partial charge on any atom is 0.350 e. The van der Waals surface area contributed by atoms with E-state index in [2.05, 4.69) is 53.0 Å². The summed E-state index contributed by atoms with van der Waals surface area (Å²) in [7, 11) is 0. The highest BCUT2D eigenvalue weighted by Gasteiger charge is 2.44. The van der Waals surface area contributed by atoms with Crippen LogP contribution >= 0.6 is 0 Å². The average Bonchev–Trinajstić information content (AvgIpc) is 3.74. The maximum atomic E-state index is 12.8. The van der Waals surface area contributed by atoms with Crippen LogP contribution in [0.2, 0.25) is 0 Å². The van der Waals surface area contributed by atoms with E-state index in [1.807, 2.05) is 55.5 Å². The first kappa shape index (κ1) is 33.9. The summed E-state index contributed by atoms with van der Waals surface area (Å²) in [6, 6.07) is 24.6. The van der Waals surface area contributed by atoms with Crippen LogP contribution < -0.4 is 31.7 Å². The minimum atomic E-state index is -0.975. The van der Waals surface area contributed by atoms with Gasteiger partial charge in [-0.2, -0.15) is 5.10 Å². The zero-order valence-corrected chi connectivity index (χ0v) is 28.6. The van der Waals surface area contributed by atoms with Gasteiger partial charge >= 0.3 is 5.69 Å². The third kappa shape index (κ3) is 7.53. The molecule has 3 aromatic carbocycles. The topological polar surface area (TPSA) is 126 Å². The Hall–Kier alpha value is -5.00. The molecule has 2 aliphatic heterocycles. The molecule has 258 valence electrons. The van der Waals surface area contributed by atoms with Gasteiger partial charge in [-0.05, 0) is 92.8 Å². The molecule has 1 unspecified atom stereocenters. The number of nitrogens with zero attached hydrogens (tertiary/aromatic N) is 5. The number of anilines is 2. The lowest BCUT2D eigenvalue weighted by atomic mass is 9.97. The van der Waals surface area contributed by atoms with Gasteiger partial charge in [-0.15, -0.1) is 0 Å². The Morgan fingerprint density at radius 2 is 1.57 bits per heavy atom. The third-order valence-electron chi connectivity index (χ3n) is 9.42. The number of hydrogen-bond donors (Lipinski definition) is 2. The van der Waals surface area contributed by atoms with E-state index in [1.54, 1.807) is 21.7 Å². The van der Waals surface area contributed by atoms with E-state index in [9.17, 15) is 4.79 Å². The summed E-state index contributed by atoms with van der Waals surface area (Å²) in [4.78, 5) is 17.6. The molecule has 1 aromatic heterocycles. The zero-order chi connectivity index (χ0) is 34.4. The van der Waals surface area contributed by atoms with Gasteiger partial charge in [0.05, 0.1) is 18.3 Å². The Labute approximate surface area is 288 Å². The summed E-state index contributed by atoms with van der Waals surface area (Å²) < 4.78 is 22.2. The highest BCUT2D eigenvalue weighted by atomic mass is 16.8. The predicted molar refractivity (Wildman–Crippen MR) is 193 cm³/mol. The standard InChI is InChI=1S/C38H47N7O4/c1-4-29(3)45-37(46)44(27-41-45)34-11-9-32(10-12-34)42-19-21-43(22-20-42)33-13-15-35(16-14-33)47-25-36-26-48-38(49-36,23-30(24-40)17-18-39)31-7-5-28(2)6-8-31/h5-18,24,27,29,36H,4,19-23,25-26,39-40H2,1-3H3/b18-17-,30-24+/t29?,36-,38-/m1/s1. The first-order chi connectivity index (χ1) is 23.8. The van der Waals surface area contributed by atoms with Crippen molar-refractivity contribution < 1.29 is 14.2 Å². The van der Waals surface area contributed by atoms with E-state index < -0.39 is 5.79 Å². The van der Waals surface area contributed by atoms with Crippen molar-refractivity contribution in [2.75, 3.05) is 49.2 Å². The molecule has 11 nitrogen and oxygen atoms in total. The summed E-state index contributed by atoms with van der Waals surface area (Å²) in [5.74, 6) is -0.196. The lowest BCUT2D eigenvalue weighted by Crippen LogP contribution is -2.46. The fraction of sp³-hybridized carbons (Fsp3) is 0.368. The minimum Gasteiger partial charge on any atom is -0.491 e. The van der Waals surface area contributed by atoms with Gasteiger partial charge in [-0.25, -0.2) is 14.0 Å². The number of ether oxygens (including phenoxy) is 3. The monoisotopic (exact) mass is 665 g/mol. The molecule has 2 saturated heterocycles. The molecular formula is C38H47N7O4. The Balaban J connectivity index is 1.01. The van der Waals surface area contributed by atoms with E-state index in [0.29, 0.717) is 19.6 Å². The van der Waals surface area contributed by atoms with Crippen molar-refractivity contribution in [1.82, 2.24) is 14.3 Å². The highest BCUT2D eigenvalue weighted by Crippen LogP contribution is 2.40. The molecular weight excluding hydrogens is 618 g/mol. The zero-order valence-electron chi connectivity index (χ0n) is 28.6. The van der Waals surface area contributed by atoms with Gasteiger partial charge in [0.1, 0.15) is 24.8 Å². The molecule has 4 aromatic rings. The summed E-state index contributed by atoms with van der Waals surface area (Å²) in [6.45, 7) is 10.4. The molecule has 2 fully saturated rings. The Bertz CT molecular complexity index is 1790. The highest BCUT2D eigenvalue weighted by molar-refractivity contribution is 5.54.